The number of aryl methyl sites for hydroxylation is 2. The van der Waals surface area contributed by atoms with Crippen molar-refractivity contribution in [1.82, 2.24) is 0 Å². The summed E-state index contributed by atoms with van der Waals surface area (Å²) in [5, 5.41) is 12.3. The highest BCUT2D eigenvalue weighted by molar-refractivity contribution is 9.10. The lowest BCUT2D eigenvalue weighted by molar-refractivity contribution is 0.621. The van der Waals surface area contributed by atoms with Crippen molar-refractivity contribution in [2.75, 3.05) is 5.32 Å². The van der Waals surface area contributed by atoms with E-state index in [-0.39, 0.29) is 5.82 Å². The second-order valence-electron chi connectivity index (χ2n) is 4.32. The summed E-state index contributed by atoms with van der Waals surface area (Å²) in [6.45, 7) is 3.80. The third-order valence-corrected chi connectivity index (χ3v) is 3.53. The van der Waals surface area contributed by atoms with Crippen LogP contribution in [0.25, 0.3) is 0 Å². The number of hydrogen-bond donors (Lipinski definition) is 1. The summed E-state index contributed by atoms with van der Waals surface area (Å²) in [4.78, 5) is 0. The minimum Gasteiger partial charge on any atom is -0.354 e. The molecule has 2 aromatic rings. The van der Waals surface area contributed by atoms with Crippen molar-refractivity contribution >= 4 is 27.3 Å². The van der Waals surface area contributed by atoms with Crippen molar-refractivity contribution in [2.45, 2.75) is 13.8 Å². The Morgan fingerprint density at radius 1 is 1.21 bits per heavy atom. The van der Waals surface area contributed by atoms with Crippen LogP contribution in [0.2, 0.25) is 0 Å². The molecule has 0 fully saturated rings. The van der Waals surface area contributed by atoms with E-state index in [4.69, 9.17) is 5.26 Å². The lowest BCUT2D eigenvalue weighted by Crippen LogP contribution is -1.99. The normalized spacial score (nSPS) is 10.1. The molecule has 0 saturated carbocycles. The van der Waals surface area contributed by atoms with Crippen molar-refractivity contribution in [3.63, 3.8) is 0 Å². The summed E-state index contributed by atoms with van der Waals surface area (Å²) in [5.41, 5.74) is 3.77. The van der Waals surface area contributed by atoms with Gasteiger partial charge in [0.2, 0.25) is 0 Å². The molecule has 0 aliphatic rings. The number of nitriles is 1. The Morgan fingerprint density at radius 2 is 1.95 bits per heavy atom. The predicted molar refractivity (Wildman–Crippen MR) is 78.0 cm³/mol. The predicted octanol–water partition coefficient (Wildman–Crippen LogP) is 4.82. The molecule has 2 nitrogen and oxygen atoms in total. The third kappa shape index (κ3) is 2.77. The van der Waals surface area contributed by atoms with Gasteiger partial charge in [-0.1, -0.05) is 12.1 Å². The molecule has 0 aromatic heterocycles. The van der Waals surface area contributed by atoms with Crippen LogP contribution < -0.4 is 5.32 Å². The number of para-hydroxylation sites is 1. The van der Waals surface area contributed by atoms with Gasteiger partial charge in [0.15, 0.2) is 0 Å². The first-order valence-electron chi connectivity index (χ1n) is 5.75. The minimum absolute atomic E-state index is 0.333. The Morgan fingerprint density at radius 3 is 2.63 bits per heavy atom. The van der Waals surface area contributed by atoms with Crippen LogP contribution in [-0.4, -0.2) is 0 Å². The first kappa shape index (κ1) is 13.6. The van der Waals surface area contributed by atoms with Crippen molar-refractivity contribution in [2.24, 2.45) is 0 Å². The lowest BCUT2D eigenvalue weighted by Gasteiger charge is -2.14. The first-order valence-corrected chi connectivity index (χ1v) is 6.54. The zero-order chi connectivity index (χ0) is 14.0. The summed E-state index contributed by atoms with van der Waals surface area (Å²) in [6.07, 6.45) is 0. The molecule has 0 aliphatic heterocycles. The molecule has 0 amide bonds. The fourth-order valence-corrected chi connectivity index (χ4v) is 2.30. The van der Waals surface area contributed by atoms with E-state index >= 15 is 0 Å². The Labute approximate surface area is 120 Å². The Kier molecular flexibility index (Phi) is 3.87. The Bertz CT molecular complexity index is 675. The zero-order valence-corrected chi connectivity index (χ0v) is 12.2. The van der Waals surface area contributed by atoms with Crippen LogP contribution in [0, 0.1) is 31.0 Å². The van der Waals surface area contributed by atoms with Crippen molar-refractivity contribution in [3.8, 4) is 6.07 Å². The summed E-state index contributed by atoms with van der Waals surface area (Å²) >= 11 is 3.15. The number of nitrogens with one attached hydrogen (secondary N) is 1. The van der Waals surface area contributed by atoms with E-state index in [2.05, 4.69) is 27.3 Å². The summed E-state index contributed by atoms with van der Waals surface area (Å²) in [5.74, 6) is -0.333. The number of nitrogens with zero attached hydrogens (tertiary/aromatic N) is 1. The average molecular weight is 319 g/mol. The fourth-order valence-electron chi connectivity index (χ4n) is 1.84. The van der Waals surface area contributed by atoms with E-state index in [0.717, 1.165) is 16.8 Å². The van der Waals surface area contributed by atoms with Gasteiger partial charge in [0.25, 0.3) is 0 Å². The summed E-state index contributed by atoms with van der Waals surface area (Å²) in [6, 6.07) is 10.7. The van der Waals surface area contributed by atoms with E-state index < -0.39 is 0 Å². The quantitative estimate of drug-likeness (QED) is 0.861. The molecular formula is C15H12BrFN2. The van der Waals surface area contributed by atoms with Gasteiger partial charge in [-0.2, -0.15) is 5.26 Å². The molecule has 96 valence electrons. The maximum absolute atomic E-state index is 13.6. The van der Waals surface area contributed by atoms with Gasteiger partial charge in [0.1, 0.15) is 11.9 Å². The maximum Gasteiger partial charge on any atom is 0.139 e. The topological polar surface area (TPSA) is 35.8 Å². The molecule has 2 aromatic carbocycles. The second kappa shape index (κ2) is 5.41. The molecule has 0 heterocycles. The minimum atomic E-state index is -0.333. The van der Waals surface area contributed by atoms with Crippen LogP contribution >= 0.6 is 15.9 Å². The fraction of sp³-hybridized carbons (Fsp3) is 0.133. The lowest BCUT2D eigenvalue weighted by atomic mass is 10.1. The second-order valence-corrected chi connectivity index (χ2v) is 5.17. The highest BCUT2D eigenvalue weighted by Crippen LogP contribution is 2.29. The van der Waals surface area contributed by atoms with Crippen LogP contribution in [0.3, 0.4) is 0 Å². The van der Waals surface area contributed by atoms with Crippen molar-refractivity contribution in [3.05, 3.63) is 57.3 Å². The van der Waals surface area contributed by atoms with Crippen LogP contribution in [0.15, 0.2) is 34.8 Å². The van der Waals surface area contributed by atoms with Gasteiger partial charge in [0, 0.05) is 5.69 Å². The van der Waals surface area contributed by atoms with Gasteiger partial charge in [0.05, 0.1) is 15.7 Å². The molecule has 0 bridgehead atoms. The molecular weight excluding hydrogens is 307 g/mol. The smallest absolute Gasteiger partial charge is 0.139 e. The summed E-state index contributed by atoms with van der Waals surface area (Å²) < 4.78 is 14.0. The molecule has 2 rings (SSSR count). The van der Waals surface area contributed by atoms with Crippen LogP contribution in [-0.2, 0) is 0 Å². The number of halogens is 2. The van der Waals surface area contributed by atoms with Crippen LogP contribution in [0.5, 0.6) is 0 Å². The highest BCUT2D eigenvalue weighted by Gasteiger charge is 2.09. The molecule has 0 aliphatic carbocycles. The maximum atomic E-state index is 13.6. The molecule has 4 heteroatoms. The largest absolute Gasteiger partial charge is 0.354 e. The van der Waals surface area contributed by atoms with Gasteiger partial charge in [-0.3, -0.25) is 0 Å². The van der Waals surface area contributed by atoms with E-state index in [1.165, 1.54) is 6.07 Å². The number of benzene rings is 2. The van der Waals surface area contributed by atoms with E-state index in [1.807, 2.05) is 26.0 Å². The monoisotopic (exact) mass is 318 g/mol. The standard InChI is InChI=1S/C15H12BrFN2/c1-9-4-3-5-11(8-18)15(9)19-14-7-13(17)12(16)6-10(14)2/h3-7,19H,1-2H3. The average Bonchev–Trinajstić information content (AvgIpc) is 2.38. The first-order chi connectivity index (χ1) is 9.02. The van der Waals surface area contributed by atoms with Crippen molar-refractivity contribution in [1.29, 1.82) is 5.26 Å². The Hall–Kier alpha value is -1.86. The molecule has 1 N–H and O–H groups in total. The zero-order valence-electron chi connectivity index (χ0n) is 10.6. The third-order valence-electron chi connectivity index (χ3n) is 2.92. The van der Waals surface area contributed by atoms with Gasteiger partial charge in [-0.25, -0.2) is 4.39 Å². The summed E-state index contributed by atoms with van der Waals surface area (Å²) in [7, 11) is 0. The van der Waals surface area contributed by atoms with Crippen molar-refractivity contribution < 1.29 is 4.39 Å². The number of rotatable bonds is 2. The molecule has 0 unspecified atom stereocenters. The SMILES string of the molecule is Cc1cc(Br)c(F)cc1Nc1c(C)cccc1C#N. The van der Waals surface area contributed by atoms with Gasteiger partial charge in [-0.05, 0) is 59.1 Å². The Balaban J connectivity index is 2.48. The van der Waals surface area contributed by atoms with Gasteiger partial charge in [-0.15, -0.1) is 0 Å². The van der Waals surface area contributed by atoms with Crippen LogP contribution in [0.1, 0.15) is 16.7 Å². The van der Waals surface area contributed by atoms with Gasteiger partial charge >= 0.3 is 0 Å². The number of hydrogen-bond acceptors (Lipinski definition) is 2. The molecule has 19 heavy (non-hydrogen) atoms. The molecule has 0 radical (unpaired) electrons. The molecule has 0 atom stereocenters. The van der Waals surface area contributed by atoms with Crippen LogP contribution in [0.4, 0.5) is 15.8 Å². The highest BCUT2D eigenvalue weighted by atomic mass is 79.9. The number of anilines is 2. The molecule has 0 saturated heterocycles. The van der Waals surface area contributed by atoms with E-state index in [0.29, 0.717) is 15.7 Å². The van der Waals surface area contributed by atoms with E-state index in [9.17, 15) is 4.39 Å². The van der Waals surface area contributed by atoms with E-state index in [1.54, 1.807) is 12.1 Å². The molecule has 0 spiro atoms. The van der Waals surface area contributed by atoms with Gasteiger partial charge < -0.3 is 5.32 Å².